The molecular weight excluding hydrogens is 248 g/mol. The molecule has 0 spiro atoms. The van der Waals surface area contributed by atoms with E-state index in [1.165, 1.54) is 25.3 Å². The fourth-order valence-electron chi connectivity index (χ4n) is 3.43. The van der Waals surface area contributed by atoms with Crippen LogP contribution in [-0.4, -0.2) is 30.3 Å². The first kappa shape index (κ1) is 12.7. The lowest BCUT2D eigenvalue weighted by molar-refractivity contribution is 0.0940. The fourth-order valence-corrected chi connectivity index (χ4v) is 3.43. The Morgan fingerprint density at radius 3 is 2.47 bits per heavy atom. The summed E-state index contributed by atoms with van der Waals surface area (Å²) in [6.07, 6.45) is 3.83. The van der Waals surface area contributed by atoms with E-state index in [1.807, 2.05) is 0 Å². The molecule has 1 aliphatic heterocycles. The van der Waals surface area contributed by atoms with Gasteiger partial charge in [0.25, 0.3) is 0 Å². The highest BCUT2D eigenvalue weighted by Crippen LogP contribution is 2.37. The van der Waals surface area contributed by atoms with Crippen LogP contribution >= 0.6 is 0 Å². The van der Waals surface area contributed by atoms with E-state index in [1.54, 1.807) is 0 Å². The Hall–Kier alpha value is -1.29. The molecule has 2 fully saturated rings. The van der Waals surface area contributed by atoms with E-state index in [0.717, 1.165) is 37.1 Å². The predicted octanol–water partition coefficient (Wildman–Crippen LogP) is 2.88. The van der Waals surface area contributed by atoms with Crippen molar-refractivity contribution in [1.29, 1.82) is 0 Å². The first-order valence-electron chi connectivity index (χ1n) is 6.84. The average Bonchev–Trinajstić information content (AvgIpc) is 2.93. The standard InChI is InChI=1S/C15H17F2NO/c16-13-5-4-10(6-14(13)17)15(19)9-18-7-11-2-1-3-12(11)8-18/h4-6,11-12H,1-3,7-9H2. The smallest absolute Gasteiger partial charge is 0.176 e. The second-order valence-electron chi connectivity index (χ2n) is 5.70. The van der Waals surface area contributed by atoms with Gasteiger partial charge in [0, 0.05) is 18.7 Å². The molecule has 2 unspecified atom stereocenters. The first-order valence-corrected chi connectivity index (χ1v) is 6.84. The number of nitrogens with zero attached hydrogens (tertiary/aromatic N) is 1. The van der Waals surface area contributed by atoms with Crippen molar-refractivity contribution in [3.63, 3.8) is 0 Å². The zero-order chi connectivity index (χ0) is 13.4. The maximum absolute atomic E-state index is 13.1. The monoisotopic (exact) mass is 265 g/mol. The van der Waals surface area contributed by atoms with Crippen molar-refractivity contribution in [1.82, 2.24) is 4.90 Å². The first-order chi connectivity index (χ1) is 9.13. The highest BCUT2D eigenvalue weighted by atomic mass is 19.2. The Kier molecular flexibility index (Phi) is 3.35. The number of carbonyl (C=O) groups excluding carboxylic acids is 1. The van der Waals surface area contributed by atoms with Gasteiger partial charge in [0.15, 0.2) is 17.4 Å². The molecule has 1 aromatic carbocycles. The predicted molar refractivity (Wildman–Crippen MR) is 68.0 cm³/mol. The molecule has 1 saturated heterocycles. The van der Waals surface area contributed by atoms with Gasteiger partial charge in [0.05, 0.1) is 6.54 Å². The average molecular weight is 265 g/mol. The number of Topliss-reactive ketones (excluding diaryl/α,β-unsaturated/α-hetero) is 1. The molecule has 2 nitrogen and oxygen atoms in total. The molecule has 1 saturated carbocycles. The molecule has 4 heteroatoms. The Morgan fingerprint density at radius 2 is 1.84 bits per heavy atom. The van der Waals surface area contributed by atoms with Gasteiger partial charge < -0.3 is 0 Å². The summed E-state index contributed by atoms with van der Waals surface area (Å²) in [7, 11) is 0. The Balaban J connectivity index is 1.63. The molecule has 0 amide bonds. The Labute approximate surface area is 111 Å². The largest absolute Gasteiger partial charge is 0.295 e. The molecule has 19 heavy (non-hydrogen) atoms. The number of fused-ring (bicyclic) bond motifs is 1. The molecular formula is C15H17F2NO. The summed E-state index contributed by atoms with van der Waals surface area (Å²) in [5, 5.41) is 0. The van der Waals surface area contributed by atoms with Gasteiger partial charge in [-0.2, -0.15) is 0 Å². The minimum Gasteiger partial charge on any atom is -0.295 e. The molecule has 102 valence electrons. The van der Waals surface area contributed by atoms with Gasteiger partial charge >= 0.3 is 0 Å². The van der Waals surface area contributed by atoms with Crippen LogP contribution in [-0.2, 0) is 0 Å². The van der Waals surface area contributed by atoms with E-state index in [0.29, 0.717) is 6.54 Å². The number of likely N-dealkylation sites (tertiary alicyclic amines) is 1. The minimum atomic E-state index is -0.954. The Morgan fingerprint density at radius 1 is 1.16 bits per heavy atom. The van der Waals surface area contributed by atoms with E-state index in [9.17, 15) is 13.6 Å². The van der Waals surface area contributed by atoms with Crippen LogP contribution in [0.1, 0.15) is 29.6 Å². The van der Waals surface area contributed by atoms with Crippen LogP contribution in [0.3, 0.4) is 0 Å². The zero-order valence-electron chi connectivity index (χ0n) is 10.7. The van der Waals surface area contributed by atoms with Crippen LogP contribution in [0.25, 0.3) is 0 Å². The maximum atomic E-state index is 13.1. The van der Waals surface area contributed by atoms with Crippen molar-refractivity contribution in [2.75, 3.05) is 19.6 Å². The van der Waals surface area contributed by atoms with E-state index >= 15 is 0 Å². The maximum Gasteiger partial charge on any atom is 0.176 e. The highest BCUT2D eigenvalue weighted by Gasteiger charge is 2.36. The molecule has 2 atom stereocenters. The van der Waals surface area contributed by atoms with Crippen LogP contribution in [0.2, 0.25) is 0 Å². The lowest BCUT2D eigenvalue weighted by atomic mass is 10.0. The number of halogens is 2. The van der Waals surface area contributed by atoms with E-state index in [-0.39, 0.29) is 11.3 Å². The molecule has 3 rings (SSSR count). The summed E-state index contributed by atoms with van der Waals surface area (Å²) in [6, 6.07) is 3.37. The van der Waals surface area contributed by atoms with Crippen molar-refractivity contribution < 1.29 is 13.6 Å². The number of carbonyl (C=O) groups is 1. The lowest BCUT2D eigenvalue weighted by Gasteiger charge is -2.15. The molecule has 2 aliphatic rings. The second kappa shape index (κ2) is 5.00. The summed E-state index contributed by atoms with van der Waals surface area (Å²) in [5.41, 5.74) is 0.260. The van der Waals surface area contributed by atoms with Gasteiger partial charge in [-0.25, -0.2) is 8.78 Å². The van der Waals surface area contributed by atoms with Gasteiger partial charge in [-0.15, -0.1) is 0 Å². The summed E-state index contributed by atoms with van der Waals surface area (Å²) in [4.78, 5) is 14.2. The summed E-state index contributed by atoms with van der Waals surface area (Å²) in [5.74, 6) is -0.522. The highest BCUT2D eigenvalue weighted by molar-refractivity contribution is 5.97. The van der Waals surface area contributed by atoms with Crippen molar-refractivity contribution in [3.8, 4) is 0 Å². The van der Waals surface area contributed by atoms with Gasteiger partial charge in [0.1, 0.15) is 0 Å². The quantitative estimate of drug-likeness (QED) is 0.783. The fraction of sp³-hybridized carbons (Fsp3) is 0.533. The number of ketones is 1. The number of rotatable bonds is 3. The van der Waals surface area contributed by atoms with Crippen molar-refractivity contribution in [2.45, 2.75) is 19.3 Å². The number of hydrogen-bond acceptors (Lipinski definition) is 2. The third kappa shape index (κ3) is 2.54. The van der Waals surface area contributed by atoms with Crippen molar-refractivity contribution in [3.05, 3.63) is 35.4 Å². The molecule has 1 aromatic rings. The minimum absolute atomic E-state index is 0.126. The van der Waals surface area contributed by atoms with Crippen molar-refractivity contribution >= 4 is 5.78 Å². The third-order valence-electron chi connectivity index (χ3n) is 4.41. The van der Waals surface area contributed by atoms with Crippen molar-refractivity contribution in [2.24, 2.45) is 11.8 Å². The number of benzene rings is 1. The van der Waals surface area contributed by atoms with Crippen LogP contribution in [0.15, 0.2) is 18.2 Å². The Bertz CT molecular complexity index is 491. The molecule has 0 bridgehead atoms. The van der Waals surface area contributed by atoms with Crippen LogP contribution in [0.4, 0.5) is 8.78 Å². The number of hydrogen-bond donors (Lipinski definition) is 0. The summed E-state index contributed by atoms with van der Waals surface area (Å²) in [6.45, 7) is 2.26. The van der Waals surface area contributed by atoms with Gasteiger partial charge in [-0.1, -0.05) is 6.42 Å². The van der Waals surface area contributed by atoms with Gasteiger partial charge in [-0.3, -0.25) is 9.69 Å². The molecule has 0 aromatic heterocycles. The third-order valence-corrected chi connectivity index (χ3v) is 4.41. The van der Waals surface area contributed by atoms with Gasteiger partial charge in [0.2, 0.25) is 0 Å². The SMILES string of the molecule is O=C(CN1CC2CCCC2C1)c1ccc(F)c(F)c1. The molecule has 1 heterocycles. The normalized spacial score (nSPS) is 26.6. The van der Waals surface area contributed by atoms with Gasteiger partial charge in [-0.05, 0) is 42.9 Å². The van der Waals surface area contributed by atoms with Crippen LogP contribution in [0.5, 0.6) is 0 Å². The van der Waals surface area contributed by atoms with E-state index in [2.05, 4.69) is 4.90 Å². The van der Waals surface area contributed by atoms with Crippen LogP contribution < -0.4 is 0 Å². The topological polar surface area (TPSA) is 20.3 Å². The summed E-state index contributed by atoms with van der Waals surface area (Å²) >= 11 is 0. The zero-order valence-corrected chi connectivity index (χ0v) is 10.7. The van der Waals surface area contributed by atoms with E-state index < -0.39 is 11.6 Å². The molecule has 0 radical (unpaired) electrons. The van der Waals surface area contributed by atoms with Crippen LogP contribution in [0, 0.1) is 23.5 Å². The molecule has 1 aliphatic carbocycles. The summed E-state index contributed by atoms with van der Waals surface area (Å²) < 4.78 is 25.9. The lowest BCUT2D eigenvalue weighted by Crippen LogP contribution is -2.28. The second-order valence-corrected chi connectivity index (χ2v) is 5.70. The molecule has 0 N–H and O–H groups in total. The van der Waals surface area contributed by atoms with E-state index in [4.69, 9.17) is 0 Å².